The molecule has 0 spiro atoms. The summed E-state index contributed by atoms with van der Waals surface area (Å²) in [5.74, 6) is -0.907. The highest BCUT2D eigenvalue weighted by atomic mass is 32.2. The number of hydrogen-bond donors (Lipinski definition) is 1. The van der Waals surface area contributed by atoms with Gasteiger partial charge >= 0.3 is 5.97 Å². The van der Waals surface area contributed by atoms with Crippen LogP contribution < -0.4 is 0 Å². The quantitative estimate of drug-likeness (QED) is 0.926. The van der Waals surface area contributed by atoms with Crippen molar-refractivity contribution in [2.75, 3.05) is 6.61 Å². The first kappa shape index (κ1) is 15.3. The molecule has 20 heavy (non-hydrogen) atoms. The number of aromatic carboxylic acids is 1. The molecule has 0 radical (unpaired) electrons. The van der Waals surface area contributed by atoms with Crippen LogP contribution in [-0.2, 0) is 10.2 Å². The molecule has 2 atom stereocenters. The third-order valence-corrected chi connectivity index (χ3v) is 4.77. The number of ether oxygens (including phenoxy) is 1. The number of thioether (sulfide) groups is 1. The minimum absolute atomic E-state index is 0.168. The van der Waals surface area contributed by atoms with Crippen LogP contribution in [-0.4, -0.2) is 34.0 Å². The van der Waals surface area contributed by atoms with Gasteiger partial charge in [-0.25, -0.2) is 9.78 Å². The second kappa shape index (κ2) is 5.74. The lowest BCUT2D eigenvalue weighted by molar-refractivity contribution is 0.0696. The molecule has 1 aromatic rings. The molecule has 0 amide bonds. The number of carbonyl (C=O) groups is 1. The zero-order valence-electron chi connectivity index (χ0n) is 12.3. The second-order valence-corrected chi connectivity index (χ2v) is 7.41. The average molecular weight is 295 g/mol. The van der Waals surface area contributed by atoms with Crippen LogP contribution in [0.1, 0.15) is 50.2 Å². The first-order chi connectivity index (χ1) is 9.27. The predicted octanol–water partition coefficient (Wildman–Crippen LogP) is 3.35. The fraction of sp³-hybridized carbons (Fsp3) is 0.600. The Bertz CT molecular complexity index is 510. The first-order valence-corrected chi connectivity index (χ1v) is 7.69. The number of carboxylic acid groups (broad SMARTS) is 1. The van der Waals surface area contributed by atoms with E-state index in [1.807, 2.05) is 20.8 Å². The maximum absolute atomic E-state index is 11.3. The number of nitrogens with zero attached hydrogens (tertiary/aromatic N) is 1. The third kappa shape index (κ3) is 3.52. The van der Waals surface area contributed by atoms with Crippen molar-refractivity contribution in [1.29, 1.82) is 0 Å². The van der Waals surface area contributed by atoms with Gasteiger partial charge in [-0.3, -0.25) is 0 Å². The topological polar surface area (TPSA) is 59.4 Å². The van der Waals surface area contributed by atoms with Crippen LogP contribution in [0.3, 0.4) is 0 Å². The largest absolute Gasteiger partial charge is 0.478 e. The molecule has 1 saturated heterocycles. The van der Waals surface area contributed by atoms with Crippen molar-refractivity contribution in [3.63, 3.8) is 0 Å². The van der Waals surface area contributed by atoms with Gasteiger partial charge in [-0.2, -0.15) is 0 Å². The second-order valence-electron chi connectivity index (χ2n) is 6.16. The monoisotopic (exact) mass is 295 g/mol. The van der Waals surface area contributed by atoms with Crippen LogP contribution in [0.4, 0.5) is 0 Å². The van der Waals surface area contributed by atoms with E-state index in [9.17, 15) is 9.90 Å². The van der Waals surface area contributed by atoms with Crippen LogP contribution in [0.2, 0.25) is 0 Å². The minimum Gasteiger partial charge on any atom is -0.478 e. The van der Waals surface area contributed by atoms with Crippen molar-refractivity contribution < 1.29 is 14.6 Å². The maximum atomic E-state index is 11.3. The van der Waals surface area contributed by atoms with Crippen LogP contribution in [0.15, 0.2) is 17.2 Å². The van der Waals surface area contributed by atoms with Gasteiger partial charge in [0, 0.05) is 23.0 Å². The Labute approximate surface area is 123 Å². The molecular weight excluding hydrogens is 274 g/mol. The average Bonchev–Trinajstić information content (AvgIpc) is 2.73. The van der Waals surface area contributed by atoms with Gasteiger partial charge in [0.15, 0.2) is 0 Å². The molecule has 2 rings (SSSR count). The fourth-order valence-electron chi connectivity index (χ4n) is 2.10. The number of pyridine rings is 1. The molecule has 1 aromatic heterocycles. The smallest absolute Gasteiger partial charge is 0.335 e. The molecular formula is C15H21NO3S. The summed E-state index contributed by atoms with van der Waals surface area (Å²) in [4.78, 5) is 15.9. The summed E-state index contributed by atoms with van der Waals surface area (Å²) in [5.41, 5.74) is 0.948. The van der Waals surface area contributed by atoms with Crippen LogP contribution in [0.25, 0.3) is 0 Å². The molecule has 4 nitrogen and oxygen atoms in total. The van der Waals surface area contributed by atoms with Gasteiger partial charge in [-0.1, -0.05) is 20.8 Å². The Morgan fingerprint density at radius 3 is 2.65 bits per heavy atom. The summed E-state index contributed by atoms with van der Waals surface area (Å²) in [6, 6.07) is 3.33. The lowest BCUT2D eigenvalue weighted by atomic mass is 9.91. The van der Waals surface area contributed by atoms with Crippen molar-refractivity contribution in [3.8, 4) is 0 Å². The highest BCUT2D eigenvalue weighted by Crippen LogP contribution is 2.33. The Morgan fingerprint density at radius 1 is 1.45 bits per heavy atom. The Kier molecular flexibility index (Phi) is 4.39. The molecule has 2 heterocycles. The van der Waals surface area contributed by atoms with E-state index >= 15 is 0 Å². The first-order valence-electron chi connectivity index (χ1n) is 6.81. The third-order valence-electron chi connectivity index (χ3n) is 3.40. The van der Waals surface area contributed by atoms with Crippen molar-refractivity contribution in [2.45, 2.75) is 55.9 Å². The van der Waals surface area contributed by atoms with Gasteiger partial charge in [-0.15, -0.1) is 11.8 Å². The summed E-state index contributed by atoms with van der Waals surface area (Å²) in [7, 11) is 0. The van der Waals surface area contributed by atoms with E-state index in [1.54, 1.807) is 23.9 Å². The van der Waals surface area contributed by atoms with Gasteiger partial charge in [-0.05, 0) is 25.5 Å². The zero-order valence-corrected chi connectivity index (χ0v) is 13.2. The summed E-state index contributed by atoms with van der Waals surface area (Å²) in [6.45, 7) is 8.93. The molecule has 0 saturated carbocycles. The van der Waals surface area contributed by atoms with Gasteiger partial charge < -0.3 is 9.84 Å². The molecule has 110 valence electrons. The van der Waals surface area contributed by atoms with Crippen molar-refractivity contribution in [2.24, 2.45) is 0 Å². The Morgan fingerprint density at radius 2 is 2.15 bits per heavy atom. The summed E-state index contributed by atoms with van der Waals surface area (Å²) in [5, 5.41) is 10.4. The summed E-state index contributed by atoms with van der Waals surface area (Å²) >= 11 is 1.62. The highest BCUT2D eigenvalue weighted by molar-refractivity contribution is 7.99. The van der Waals surface area contributed by atoms with E-state index in [-0.39, 0.29) is 11.5 Å². The summed E-state index contributed by atoms with van der Waals surface area (Å²) in [6.07, 6.45) is 1.17. The molecule has 1 aliphatic heterocycles. The van der Waals surface area contributed by atoms with Gasteiger partial charge in [0.1, 0.15) is 0 Å². The van der Waals surface area contributed by atoms with Crippen molar-refractivity contribution in [3.05, 3.63) is 23.4 Å². The predicted molar refractivity (Wildman–Crippen MR) is 79.6 cm³/mol. The summed E-state index contributed by atoms with van der Waals surface area (Å²) < 4.78 is 5.55. The number of aromatic nitrogens is 1. The number of carboxylic acids is 1. The lowest BCUT2D eigenvalue weighted by Gasteiger charge is -2.20. The van der Waals surface area contributed by atoms with Crippen molar-refractivity contribution >= 4 is 17.7 Å². The lowest BCUT2D eigenvalue weighted by Crippen LogP contribution is -2.17. The molecule has 0 aliphatic carbocycles. The molecule has 1 N–H and O–H groups in total. The van der Waals surface area contributed by atoms with Gasteiger partial charge in [0.05, 0.1) is 16.7 Å². The van der Waals surface area contributed by atoms with Gasteiger partial charge in [0.2, 0.25) is 0 Å². The van der Waals surface area contributed by atoms with Crippen LogP contribution in [0.5, 0.6) is 0 Å². The molecule has 0 bridgehead atoms. The standard InChI is InChI=1S/C15H21NO3S/c1-9-11(5-6-19-9)20-13-8-10(14(17)18)7-12(16-13)15(2,3)4/h7-9,11H,5-6H2,1-4H3,(H,17,18). The van der Waals surface area contributed by atoms with Crippen molar-refractivity contribution in [1.82, 2.24) is 4.98 Å². The van der Waals surface area contributed by atoms with Gasteiger partial charge in [0.25, 0.3) is 0 Å². The van der Waals surface area contributed by atoms with Crippen LogP contribution in [0, 0.1) is 0 Å². The van der Waals surface area contributed by atoms with E-state index in [0.29, 0.717) is 10.8 Å². The zero-order chi connectivity index (χ0) is 14.9. The van der Waals surface area contributed by atoms with Crippen LogP contribution >= 0.6 is 11.8 Å². The molecule has 1 fully saturated rings. The Hall–Kier alpha value is -1.07. The molecule has 2 unspecified atom stereocenters. The SMILES string of the molecule is CC1OCCC1Sc1cc(C(=O)O)cc(C(C)(C)C)n1. The molecule has 5 heteroatoms. The van der Waals surface area contributed by atoms with E-state index in [2.05, 4.69) is 11.9 Å². The Balaban J connectivity index is 2.32. The number of rotatable bonds is 3. The van der Waals surface area contributed by atoms with E-state index in [4.69, 9.17) is 4.74 Å². The number of hydrogen-bond acceptors (Lipinski definition) is 4. The van der Waals surface area contributed by atoms with E-state index < -0.39 is 5.97 Å². The van der Waals surface area contributed by atoms with E-state index in [0.717, 1.165) is 23.7 Å². The van der Waals surface area contributed by atoms with E-state index in [1.165, 1.54) is 0 Å². The molecule has 0 aromatic carbocycles. The fourth-order valence-corrected chi connectivity index (χ4v) is 3.24. The molecule has 1 aliphatic rings. The maximum Gasteiger partial charge on any atom is 0.335 e. The highest BCUT2D eigenvalue weighted by Gasteiger charge is 2.27. The minimum atomic E-state index is -0.907. The normalized spacial score (nSPS) is 23.0.